The van der Waals surface area contributed by atoms with E-state index in [9.17, 15) is 13.2 Å². The van der Waals surface area contributed by atoms with Crippen LogP contribution in [-0.2, 0) is 6.18 Å². The summed E-state index contributed by atoms with van der Waals surface area (Å²) < 4.78 is 37.5. The highest BCUT2D eigenvalue weighted by Crippen LogP contribution is 2.30. The smallest absolute Gasteiger partial charge is 0.369 e. The number of nitrogens with one attached hydrogen (secondary N) is 2. The van der Waals surface area contributed by atoms with Crippen molar-refractivity contribution >= 4 is 17.5 Å². The van der Waals surface area contributed by atoms with E-state index in [1.807, 2.05) is 0 Å². The minimum absolute atomic E-state index is 0.223. The molecule has 22 heavy (non-hydrogen) atoms. The first-order valence-electron chi connectivity index (χ1n) is 6.87. The molecule has 2 rings (SSSR count). The Bertz CT molecular complexity index is 598. The molecule has 0 aliphatic carbocycles. The summed E-state index contributed by atoms with van der Waals surface area (Å²) in [6.45, 7) is 2.85. The number of anilines is 3. The molecule has 2 N–H and O–H groups in total. The number of hydrogen-bond donors (Lipinski definition) is 2. The molecule has 0 spiro atoms. The summed E-state index contributed by atoms with van der Waals surface area (Å²) in [6, 6.07) is 4.64. The van der Waals surface area contributed by atoms with Gasteiger partial charge in [-0.3, -0.25) is 0 Å². The van der Waals surface area contributed by atoms with E-state index in [-0.39, 0.29) is 5.95 Å². The molecule has 0 aliphatic heterocycles. The Morgan fingerprint density at radius 3 is 2.50 bits per heavy atom. The van der Waals surface area contributed by atoms with E-state index >= 15 is 0 Å². The molecule has 0 saturated heterocycles. The van der Waals surface area contributed by atoms with Gasteiger partial charge in [0.05, 0.1) is 11.8 Å². The lowest BCUT2D eigenvalue weighted by molar-refractivity contribution is -0.137. The van der Waals surface area contributed by atoms with Crippen LogP contribution in [0, 0.1) is 0 Å². The maximum Gasteiger partial charge on any atom is 0.416 e. The molecule has 0 aliphatic rings. The molecular weight excluding hydrogens is 295 g/mol. The van der Waals surface area contributed by atoms with Gasteiger partial charge in [0.2, 0.25) is 5.95 Å². The van der Waals surface area contributed by atoms with Crippen LogP contribution in [0.3, 0.4) is 0 Å². The predicted octanol–water partition coefficient (Wildman–Crippen LogP) is 3.85. The molecule has 0 bridgehead atoms. The molecule has 8 heteroatoms. The van der Waals surface area contributed by atoms with Gasteiger partial charge >= 0.3 is 6.18 Å². The molecule has 0 unspecified atom stereocenters. The standard InChI is InChI=1S/C14H16F3N5/c1-2-3-8-18-12-9-19-22-13(21-12)20-11-6-4-10(5-7-11)14(15,16)17/h4-7,9H,2-3,8H2,1H3,(H2,18,20,21,22). The Morgan fingerprint density at radius 2 is 1.86 bits per heavy atom. The molecule has 2 aromatic rings. The Labute approximate surface area is 126 Å². The van der Waals surface area contributed by atoms with Gasteiger partial charge in [-0.2, -0.15) is 23.3 Å². The van der Waals surface area contributed by atoms with Crippen LogP contribution < -0.4 is 10.6 Å². The highest BCUT2D eigenvalue weighted by molar-refractivity contribution is 5.54. The quantitative estimate of drug-likeness (QED) is 0.794. The summed E-state index contributed by atoms with van der Waals surface area (Å²) in [4.78, 5) is 4.19. The summed E-state index contributed by atoms with van der Waals surface area (Å²) in [5.41, 5.74) is -0.243. The molecule has 0 saturated carbocycles. The minimum Gasteiger partial charge on any atom is -0.369 e. The summed E-state index contributed by atoms with van der Waals surface area (Å²) in [7, 11) is 0. The molecule has 1 heterocycles. The molecular formula is C14H16F3N5. The molecule has 0 radical (unpaired) electrons. The number of alkyl halides is 3. The lowest BCUT2D eigenvalue weighted by atomic mass is 10.2. The Balaban J connectivity index is 2.02. The van der Waals surface area contributed by atoms with Crippen molar-refractivity contribution in [2.24, 2.45) is 0 Å². The number of hydrogen-bond acceptors (Lipinski definition) is 5. The van der Waals surface area contributed by atoms with Crippen molar-refractivity contribution in [3.05, 3.63) is 36.0 Å². The molecule has 0 atom stereocenters. The molecule has 0 fully saturated rings. The van der Waals surface area contributed by atoms with Gasteiger partial charge < -0.3 is 10.6 Å². The van der Waals surface area contributed by atoms with Crippen molar-refractivity contribution in [3.63, 3.8) is 0 Å². The summed E-state index contributed by atoms with van der Waals surface area (Å²) in [6.07, 6.45) is -0.791. The van der Waals surface area contributed by atoms with Crippen LogP contribution in [-0.4, -0.2) is 21.7 Å². The van der Waals surface area contributed by atoms with E-state index in [1.54, 1.807) is 0 Å². The van der Waals surface area contributed by atoms with Crippen LogP contribution in [0.2, 0.25) is 0 Å². The fourth-order valence-electron chi connectivity index (χ4n) is 1.71. The second-order valence-electron chi connectivity index (χ2n) is 4.65. The van der Waals surface area contributed by atoms with Gasteiger partial charge in [0.25, 0.3) is 0 Å². The van der Waals surface area contributed by atoms with Crippen LogP contribution in [0.5, 0.6) is 0 Å². The van der Waals surface area contributed by atoms with Gasteiger partial charge in [-0.25, -0.2) is 0 Å². The molecule has 0 amide bonds. The number of unbranched alkanes of at least 4 members (excludes halogenated alkanes) is 1. The van der Waals surface area contributed by atoms with Gasteiger partial charge in [0, 0.05) is 12.2 Å². The SMILES string of the molecule is CCCCNc1cnnc(Nc2ccc(C(F)(F)F)cc2)n1. The van der Waals surface area contributed by atoms with Gasteiger partial charge in [-0.05, 0) is 30.7 Å². The van der Waals surface area contributed by atoms with E-state index in [0.29, 0.717) is 11.5 Å². The van der Waals surface area contributed by atoms with Crippen molar-refractivity contribution in [1.82, 2.24) is 15.2 Å². The lowest BCUT2D eigenvalue weighted by Crippen LogP contribution is -2.07. The van der Waals surface area contributed by atoms with Crippen molar-refractivity contribution in [2.75, 3.05) is 17.2 Å². The fraction of sp³-hybridized carbons (Fsp3) is 0.357. The zero-order chi connectivity index (χ0) is 16.0. The first-order chi connectivity index (χ1) is 10.5. The highest BCUT2D eigenvalue weighted by Gasteiger charge is 2.29. The first-order valence-corrected chi connectivity index (χ1v) is 6.87. The van der Waals surface area contributed by atoms with Crippen molar-refractivity contribution in [1.29, 1.82) is 0 Å². The monoisotopic (exact) mass is 311 g/mol. The second kappa shape index (κ2) is 7.06. The third-order valence-corrected chi connectivity index (χ3v) is 2.86. The van der Waals surface area contributed by atoms with Crippen LogP contribution in [0.25, 0.3) is 0 Å². The minimum atomic E-state index is -4.35. The fourth-order valence-corrected chi connectivity index (χ4v) is 1.71. The number of aromatic nitrogens is 3. The van der Waals surface area contributed by atoms with Crippen LogP contribution >= 0.6 is 0 Å². The zero-order valence-electron chi connectivity index (χ0n) is 12.0. The highest BCUT2D eigenvalue weighted by atomic mass is 19.4. The van der Waals surface area contributed by atoms with E-state index in [4.69, 9.17) is 0 Å². The third-order valence-electron chi connectivity index (χ3n) is 2.86. The van der Waals surface area contributed by atoms with Gasteiger partial charge in [0.1, 0.15) is 0 Å². The number of benzene rings is 1. The van der Waals surface area contributed by atoms with Gasteiger partial charge in [0.15, 0.2) is 5.82 Å². The number of halogens is 3. The normalized spacial score (nSPS) is 11.3. The molecule has 1 aromatic carbocycles. The summed E-state index contributed by atoms with van der Waals surface area (Å²) in [5, 5.41) is 13.5. The molecule has 118 valence electrons. The van der Waals surface area contributed by atoms with Crippen LogP contribution in [0.1, 0.15) is 25.3 Å². The summed E-state index contributed by atoms with van der Waals surface area (Å²) in [5.74, 6) is 0.791. The van der Waals surface area contributed by atoms with Crippen molar-refractivity contribution < 1.29 is 13.2 Å². The van der Waals surface area contributed by atoms with E-state index in [1.165, 1.54) is 18.3 Å². The second-order valence-corrected chi connectivity index (χ2v) is 4.65. The van der Waals surface area contributed by atoms with Gasteiger partial charge in [-0.1, -0.05) is 13.3 Å². The number of nitrogens with zero attached hydrogens (tertiary/aromatic N) is 3. The Hall–Kier alpha value is -2.38. The van der Waals surface area contributed by atoms with Gasteiger partial charge in [-0.15, -0.1) is 5.10 Å². The maximum absolute atomic E-state index is 12.5. The third kappa shape index (κ3) is 4.57. The van der Waals surface area contributed by atoms with E-state index in [0.717, 1.165) is 31.5 Å². The number of rotatable bonds is 6. The predicted molar refractivity (Wildman–Crippen MR) is 78.0 cm³/mol. The van der Waals surface area contributed by atoms with E-state index in [2.05, 4.69) is 32.7 Å². The lowest BCUT2D eigenvalue weighted by Gasteiger charge is -2.09. The maximum atomic E-state index is 12.5. The van der Waals surface area contributed by atoms with Crippen LogP contribution in [0.4, 0.5) is 30.6 Å². The topological polar surface area (TPSA) is 62.7 Å². The first kappa shape index (κ1) is 16.0. The zero-order valence-corrected chi connectivity index (χ0v) is 12.0. The van der Waals surface area contributed by atoms with Crippen LogP contribution in [0.15, 0.2) is 30.5 Å². The Kier molecular flexibility index (Phi) is 5.13. The van der Waals surface area contributed by atoms with E-state index < -0.39 is 11.7 Å². The average molecular weight is 311 g/mol. The summed E-state index contributed by atoms with van der Waals surface area (Å²) >= 11 is 0. The van der Waals surface area contributed by atoms with Crippen molar-refractivity contribution in [3.8, 4) is 0 Å². The van der Waals surface area contributed by atoms with Crippen molar-refractivity contribution in [2.45, 2.75) is 25.9 Å². The molecule has 1 aromatic heterocycles. The Morgan fingerprint density at radius 1 is 1.14 bits per heavy atom. The largest absolute Gasteiger partial charge is 0.416 e. The average Bonchev–Trinajstić information content (AvgIpc) is 2.48. The molecule has 5 nitrogen and oxygen atoms in total.